The molecule has 1 saturated heterocycles. The van der Waals surface area contributed by atoms with Crippen molar-refractivity contribution in [3.8, 4) is 22.8 Å². The second-order valence-corrected chi connectivity index (χ2v) is 9.73. The van der Waals surface area contributed by atoms with Gasteiger partial charge in [0.05, 0.1) is 22.5 Å². The van der Waals surface area contributed by atoms with Crippen LogP contribution in [0.2, 0.25) is 5.02 Å². The van der Waals surface area contributed by atoms with Gasteiger partial charge in [0.1, 0.15) is 5.69 Å². The van der Waals surface area contributed by atoms with E-state index in [9.17, 15) is 4.79 Å². The molecule has 1 fully saturated rings. The van der Waals surface area contributed by atoms with E-state index in [2.05, 4.69) is 10.2 Å². The molecule has 0 spiro atoms. The third-order valence-corrected chi connectivity index (χ3v) is 7.56. The van der Waals surface area contributed by atoms with Crippen LogP contribution in [0.1, 0.15) is 25.0 Å². The number of ether oxygens (including phenoxy) is 1. The molecule has 0 N–H and O–H groups in total. The van der Waals surface area contributed by atoms with Crippen molar-refractivity contribution in [2.45, 2.75) is 37.4 Å². The van der Waals surface area contributed by atoms with Crippen LogP contribution in [0, 0.1) is 6.92 Å². The maximum absolute atomic E-state index is 13.8. The highest BCUT2D eigenvalue weighted by Gasteiger charge is 2.26. The molecule has 34 heavy (non-hydrogen) atoms. The fourth-order valence-electron chi connectivity index (χ4n) is 4.30. The molecule has 9 heteroatoms. The average Bonchev–Trinajstić information content (AvgIpc) is 3.36. The van der Waals surface area contributed by atoms with Crippen molar-refractivity contribution in [3.63, 3.8) is 0 Å². The van der Waals surface area contributed by atoms with E-state index >= 15 is 0 Å². The lowest BCUT2D eigenvalue weighted by molar-refractivity contribution is 0.0315. The van der Waals surface area contributed by atoms with Gasteiger partial charge < -0.3 is 4.74 Å². The Hall–Kier alpha value is -2.81. The summed E-state index contributed by atoms with van der Waals surface area (Å²) < 4.78 is 11.3. The maximum Gasteiger partial charge on any atom is 0.296 e. The SMILES string of the molecule is Cc1c(-n2c(SCC3CCCCO3)nnc2-c2ccccc2Cl)c(=O)n(-c2ccccc2)n1C. The first-order valence-corrected chi connectivity index (χ1v) is 12.7. The van der Waals surface area contributed by atoms with Crippen molar-refractivity contribution in [2.75, 3.05) is 12.4 Å². The van der Waals surface area contributed by atoms with Crippen LogP contribution in [0.15, 0.2) is 64.5 Å². The highest BCUT2D eigenvalue weighted by molar-refractivity contribution is 7.99. The Bertz CT molecular complexity index is 1360. The second-order valence-electron chi connectivity index (χ2n) is 8.33. The van der Waals surface area contributed by atoms with Gasteiger partial charge >= 0.3 is 0 Å². The summed E-state index contributed by atoms with van der Waals surface area (Å²) in [6.07, 6.45) is 3.48. The Morgan fingerprint density at radius 1 is 1.09 bits per heavy atom. The molecular weight excluding hydrogens is 470 g/mol. The molecule has 1 aliphatic rings. The van der Waals surface area contributed by atoms with Gasteiger partial charge in [-0.15, -0.1) is 10.2 Å². The summed E-state index contributed by atoms with van der Waals surface area (Å²) in [4.78, 5) is 13.8. The number of para-hydroxylation sites is 1. The average molecular weight is 496 g/mol. The highest BCUT2D eigenvalue weighted by Crippen LogP contribution is 2.33. The Kier molecular flexibility index (Phi) is 6.63. The van der Waals surface area contributed by atoms with Crippen LogP contribution in [0.5, 0.6) is 0 Å². The number of aromatic nitrogens is 5. The van der Waals surface area contributed by atoms with E-state index in [0.29, 0.717) is 21.7 Å². The predicted octanol–water partition coefficient (Wildman–Crippen LogP) is 5.05. The number of halogens is 1. The largest absolute Gasteiger partial charge is 0.377 e. The molecule has 1 unspecified atom stereocenters. The quantitative estimate of drug-likeness (QED) is 0.350. The van der Waals surface area contributed by atoms with Crippen LogP contribution in [0.3, 0.4) is 0 Å². The van der Waals surface area contributed by atoms with E-state index < -0.39 is 0 Å². The number of nitrogens with zero attached hydrogens (tertiary/aromatic N) is 5. The summed E-state index contributed by atoms with van der Waals surface area (Å²) in [5, 5.41) is 10.2. The lowest BCUT2D eigenvalue weighted by Gasteiger charge is -2.21. The normalized spacial score (nSPS) is 16.1. The van der Waals surface area contributed by atoms with Gasteiger partial charge in [-0.25, -0.2) is 4.68 Å². The fourth-order valence-corrected chi connectivity index (χ4v) is 5.52. The molecule has 0 bridgehead atoms. The molecule has 3 heterocycles. The predicted molar refractivity (Wildman–Crippen MR) is 135 cm³/mol. The second kappa shape index (κ2) is 9.82. The number of hydrogen-bond donors (Lipinski definition) is 0. The van der Waals surface area contributed by atoms with E-state index in [4.69, 9.17) is 16.3 Å². The van der Waals surface area contributed by atoms with Crippen LogP contribution in [0.4, 0.5) is 0 Å². The molecule has 0 aliphatic carbocycles. The smallest absolute Gasteiger partial charge is 0.296 e. The lowest BCUT2D eigenvalue weighted by atomic mass is 10.1. The monoisotopic (exact) mass is 495 g/mol. The van der Waals surface area contributed by atoms with Gasteiger partial charge in [-0.05, 0) is 50.5 Å². The molecule has 5 rings (SSSR count). The Labute approximate surface area is 207 Å². The van der Waals surface area contributed by atoms with Gasteiger partial charge in [-0.1, -0.05) is 53.7 Å². The maximum atomic E-state index is 13.8. The van der Waals surface area contributed by atoms with Crippen LogP contribution in [-0.2, 0) is 11.8 Å². The van der Waals surface area contributed by atoms with Crippen molar-refractivity contribution >= 4 is 23.4 Å². The standard InChI is InChI=1S/C25H26ClN5O2S/c1-17-22(24(32)31(29(17)2)18-10-4-3-5-11-18)30-23(20-13-6-7-14-21(20)26)27-28-25(30)34-16-19-12-8-9-15-33-19/h3-7,10-11,13-14,19H,8-9,12,15-16H2,1-2H3. The van der Waals surface area contributed by atoms with Gasteiger partial charge in [-0.2, -0.15) is 0 Å². The fraction of sp³-hybridized carbons (Fsp3) is 0.320. The van der Waals surface area contributed by atoms with Gasteiger partial charge in [0.25, 0.3) is 5.56 Å². The minimum absolute atomic E-state index is 0.143. The number of rotatable bonds is 6. The topological polar surface area (TPSA) is 66.9 Å². The zero-order valence-corrected chi connectivity index (χ0v) is 20.7. The molecule has 0 radical (unpaired) electrons. The van der Waals surface area contributed by atoms with Crippen molar-refractivity contribution in [3.05, 3.63) is 75.7 Å². The first-order chi connectivity index (χ1) is 16.6. The van der Waals surface area contributed by atoms with Crippen LogP contribution < -0.4 is 5.56 Å². The van der Waals surface area contributed by atoms with Gasteiger partial charge in [0, 0.05) is 25.0 Å². The summed E-state index contributed by atoms with van der Waals surface area (Å²) in [5.74, 6) is 1.29. The molecule has 176 valence electrons. The first kappa shape index (κ1) is 23.0. The van der Waals surface area contributed by atoms with E-state index in [-0.39, 0.29) is 11.7 Å². The van der Waals surface area contributed by atoms with Gasteiger partial charge in [0.15, 0.2) is 11.0 Å². The van der Waals surface area contributed by atoms with Crippen molar-refractivity contribution in [1.29, 1.82) is 0 Å². The van der Waals surface area contributed by atoms with Crippen molar-refractivity contribution in [2.24, 2.45) is 7.05 Å². The minimum atomic E-state index is -0.143. The third-order valence-electron chi connectivity index (χ3n) is 6.17. The van der Waals surface area contributed by atoms with Crippen LogP contribution in [-0.4, -0.2) is 42.6 Å². The number of thioether (sulfide) groups is 1. The molecule has 2 aromatic heterocycles. The van der Waals surface area contributed by atoms with Crippen molar-refractivity contribution < 1.29 is 4.74 Å². The van der Waals surface area contributed by atoms with Gasteiger partial charge in [-0.3, -0.25) is 14.0 Å². The zero-order valence-electron chi connectivity index (χ0n) is 19.1. The first-order valence-electron chi connectivity index (χ1n) is 11.4. The van der Waals surface area contributed by atoms with Gasteiger partial charge in [0.2, 0.25) is 0 Å². The number of hydrogen-bond acceptors (Lipinski definition) is 5. The molecular formula is C25H26ClN5O2S. The molecule has 2 aromatic carbocycles. The van der Waals surface area contributed by atoms with E-state index in [1.807, 2.05) is 77.8 Å². The molecule has 1 aliphatic heterocycles. The zero-order chi connectivity index (χ0) is 23.7. The molecule has 4 aromatic rings. The van der Waals surface area contributed by atoms with E-state index in [0.717, 1.165) is 42.1 Å². The summed E-state index contributed by atoms with van der Waals surface area (Å²) >= 11 is 8.10. The Morgan fingerprint density at radius 2 is 1.85 bits per heavy atom. The van der Waals surface area contributed by atoms with Crippen molar-refractivity contribution in [1.82, 2.24) is 24.1 Å². The Balaban J connectivity index is 1.66. The summed E-state index contributed by atoms with van der Waals surface area (Å²) in [6.45, 7) is 2.73. The number of benzene rings is 2. The molecule has 1 atom stereocenters. The molecule has 0 saturated carbocycles. The molecule has 0 amide bonds. The van der Waals surface area contributed by atoms with Crippen LogP contribution >= 0.6 is 23.4 Å². The summed E-state index contributed by atoms with van der Waals surface area (Å²) in [6, 6.07) is 17.1. The molecule has 7 nitrogen and oxygen atoms in total. The van der Waals surface area contributed by atoms with E-state index in [1.165, 1.54) is 6.42 Å². The summed E-state index contributed by atoms with van der Waals surface area (Å²) in [7, 11) is 1.88. The third kappa shape index (κ3) is 4.21. The van der Waals surface area contributed by atoms with E-state index in [1.54, 1.807) is 16.4 Å². The Morgan fingerprint density at radius 3 is 2.59 bits per heavy atom. The highest BCUT2D eigenvalue weighted by atomic mass is 35.5. The summed E-state index contributed by atoms with van der Waals surface area (Å²) in [5.41, 5.74) is 2.69. The lowest BCUT2D eigenvalue weighted by Crippen LogP contribution is -2.23. The van der Waals surface area contributed by atoms with Crippen LogP contribution in [0.25, 0.3) is 22.8 Å². The minimum Gasteiger partial charge on any atom is -0.377 e.